The van der Waals surface area contributed by atoms with Gasteiger partial charge in [-0.3, -0.25) is 9.80 Å². The lowest BCUT2D eigenvalue weighted by Gasteiger charge is -2.33. The van der Waals surface area contributed by atoms with E-state index in [1.807, 2.05) is 18.5 Å². The molecule has 2 aliphatic rings. The number of pyridine rings is 2. The van der Waals surface area contributed by atoms with Gasteiger partial charge in [0.15, 0.2) is 0 Å². The van der Waals surface area contributed by atoms with Crippen LogP contribution >= 0.6 is 0 Å². The quantitative estimate of drug-likeness (QED) is 0.142. The first kappa shape index (κ1) is 60.7. The molecule has 0 atom stereocenters. The number of hydrogen-bond acceptors (Lipinski definition) is 4. The Kier molecular flexibility index (Phi) is 14.2. The molecule has 0 saturated heterocycles. The molecule has 106 heavy (non-hydrogen) atoms. The summed E-state index contributed by atoms with van der Waals surface area (Å²) in [6, 6.07) is 137. The zero-order valence-corrected chi connectivity index (χ0v) is 57.7. The van der Waals surface area contributed by atoms with E-state index >= 15 is 0 Å². The van der Waals surface area contributed by atoms with E-state index in [1.165, 1.54) is 159 Å². The standard InChI is InChI=1S/2C51H32N2/c1-2-12-33(13-3-1)39-29-38-17-10-24-49-50(38)48(32-39)46-23-11-27-52-51(46)53(49)40-18-9-16-36(30-40)34-14-8-15-35(28-34)37-25-26-45-43-21-5-4-19-41(43)42-20-6-7-22-44(42)47(45)31-37;1-2-12-33(13-3-1)39-29-38-26-27-52-51-50(38)48(32-39)46-22-8-9-23-49(46)53(51)40-17-11-16-36(30-40)34-14-10-15-35(28-34)37-24-25-45-43-20-5-4-18-41(43)42-19-6-7-21-44(42)47(45)31-37/h2*1-32H. The molecule has 0 fully saturated rings. The highest BCUT2D eigenvalue weighted by molar-refractivity contribution is 6.27. The first-order chi connectivity index (χ1) is 52.6. The van der Waals surface area contributed by atoms with Crippen LogP contribution in [0.5, 0.6) is 0 Å². The highest BCUT2D eigenvalue weighted by atomic mass is 15.2. The van der Waals surface area contributed by atoms with Crippen molar-refractivity contribution in [3.05, 3.63) is 389 Å². The van der Waals surface area contributed by atoms with Crippen molar-refractivity contribution >= 4 is 121 Å². The van der Waals surface area contributed by atoms with Crippen molar-refractivity contribution < 1.29 is 0 Å². The highest BCUT2D eigenvalue weighted by Crippen LogP contribution is 2.54. The van der Waals surface area contributed by atoms with Gasteiger partial charge in [0.25, 0.3) is 0 Å². The maximum Gasteiger partial charge on any atom is 0.146 e. The summed E-state index contributed by atoms with van der Waals surface area (Å²) in [6.07, 6.45) is 3.85. The Hall–Kier alpha value is -14.1. The predicted octanol–water partition coefficient (Wildman–Crippen LogP) is 28.3. The van der Waals surface area contributed by atoms with Crippen molar-refractivity contribution in [1.29, 1.82) is 0 Å². The summed E-state index contributed by atoms with van der Waals surface area (Å²) in [5.74, 6) is 1.90. The van der Waals surface area contributed by atoms with Crippen molar-refractivity contribution in [2.45, 2.75) is 0 Å². The maximum atomic E-state index is 5.04. The van der Waals surface area contributed by atoms with Crippen LogP contribution in [0.1, 0.15) is 0 Å². The van der Waals surface area contributed by atoms with Gasteiger partial charge in [0, 0.05) is 45.7 Å². The van der Waals surface area contributed by atoms with Crippen LogP contribution in [0.25, 0.3) is 175 Å². The molecule has 22 rings (SSSR count). The summed E-state index contributed by atoms with van der Waals surface area (Å²) in [7, 11) is 0. The third-order valence-electron chi connectivity index (χ3n) is 21.9. The van der Waals surface area contributed by atoms with Crippen LogP contribution in [0.4, 0.5) is 34.4 Å². The van der Waals surface area contributed by atoms with E-state index in [0.717, 1.165) is 51.1 Å². The summed E-state index contributed by atoms with van der Waals surface area (Å²) < 4.78 is 0. The summed E-state index contributed by atoms with van der Waals surface area (Å²) in [6.45, 7) is 0. The summed E-state index contributed by atoms with van der Waals surface area (Å²) in [5, 5.41) is 20.3. The topological polar surface area (TPSA) is 32.3 Å². The molecule has 0 aliphatic carbocycles. The van der Waals surface area contributed by atoms with Crippen LogP contribution in [0, 0.1) is 0 Å². The molecule has 0 spiro atoms. The molecule has 2 aliphatic heterocycles. The Balaban J connectivity index is 0.000000136. The molecule has 4 nitrogen and oxygen atoms in total. The monoisotopic (exact) mass is 1340 g/mol. The average molecular weight is 1350 g/mol. The third-order valence-corrected chi connectivity index (χ3v) is 21.9. The van der Waals surface area contributed by atoms with Gasteiger partial charge >= 0.3 is 0 Å². The molecule has 0 unspecified atom stereocenters. The minimum Gasteiger partial charge on any atom is -0.294 e. The summed E-state index contributed by atoms with van der Waals surface area (Å²) in [5.41, 5.74) is 23.6. The fourth-order valence-electron chi connectivity index (χ4n) is 17.1. The number of rotatable bonds is 8. The second-order valence-electron chi connectivity index (χ2n) is 27.9. The average Bonchev–Trinajstić information content (AvgIpc) is 0.734. The Morgan fingerprint density at radius 3 is 1.04 bits per heavy atom. The van der Waals surface area contributed by atoms with Gasteiger partial charge in [-0.15, -0.1) is 0 Å². The van der Waals surface area contributed by atoms with Gasteiger partial charge in [0.1, 0.15) is 11.6 Å². The first-order valence-electron chi connectivity index (χ1n) is 36.4. The number of para-hydroxylation sites is 1. The van der Waals surface area contributed by atoms with Crippen LogP contribution < -0.4 is 9.80 Å². The van der Waals surface area contributed by atoms with E-state index in [4.69, 9.17) is 9.97 Å². The molecule has 20 aromatic rings. The van der Waals surface area contributed by atoms with Crippen LogP contribution in [-0.4, -0.2) is 9.97 Å². The second-order valence-corrected chi connectivity index (χ2v) is 27.9. The molecule has 492 valence electrons. The van der Waals surface area contributed by atoms with E-state index in [1.54, 1.807) is 0 Å². The fourth-order valence-corrected chi connectivity index (χ4v) is 17.1. The molecular weight excluding hydrogens is 1280 g/mol. The number of hydrogen-bond donors (Lipinski definition) is 0. The van der Waals surface area contributed by atoms with Gasteiger partial charge in [0.2, 0.25) is 0 Å². The van der Waals surface area contributed by atoms with E-state index < -0.39 is 0 Å². The normalized spacial score (nSPS) is 12.1. The summed E-state index contributed by atoms with van der Waals surface area (Å²) in [4.78, 5) is 14.7. The molecule has 0 radical (unpaired) electrons. The molecule has 2 aromatic heterocycles. The Morgan fingerprint density at radius 1 is 0.170 bits per heavy atom. The van der Waals surface area contributed by atoms with E-state index in [2.05, 4.69) is 380 Å². The number of nitrogens with zero attached hydrogens (tertiary/aromatic N) is 4. The second kappa shape index (κ2) is 24.9. The lowest BCUT2D eigenvalue weighted by Crippen LogP contribution is -2.16. The maximum absolute atomic E-state index is 5.04. The smallest absolute Gasteiger partial charge is 0.146 e. The van der Waals surface area contributed by atoms with Crippen LogP contribution in [0.3, 0.4) is 0 Å². The van der Waals surface area contributed by atoms with E-state index in [0.29, 0.717) is 0 Å². The third kappa shape index (κ3) is 10.1. The Bertz CT molecular complexity index is 6490. The van der Waals surface area contributed by atoms with Gasteiger partial charge < -0.3 is 0 Å². The molecule has 4 heterocycles. The molecule has 0 saturated carbocycles. The van der Waals surface area contributed by atoms with Crippen molar-refractivity contribution in [2.24, 2.45) is 0 Å². The van der Waals surface area contributed by atoms with Gasteiger partial charge in [-0.2, -0.15) is 0 Å². The first-order valence-corrected chi connectivity index (χ1v) is 36.4. The van der Waals surface area contributed by atoms with Gasteiger partial charge in [-0.25, -0.2) is 9.97 Å². The van der Waals surface area contributed by atoms with Crippen LogP contribution in [0.15, 0.2) is 389 Å². The van der Waals surface area contributed by atoms with Crippen molar-refractivity contribution in [1.82, 2.24) is 9.97 Å². The van der Waals surface area contributed by atoms with Gasteiger partial charge in [-0.05, 0) is 256 Å². The SMILES string of the molecule is c1ccc(-c2cc3c4c(cccc4c2)N(c2cccc(-c4cccc(-c5ccc6c7ccccc7c7ccccc7c6c5)c4)c2)c2ncccc2-3)cc1.c1ccc(-c2cc3c4c(nccc4c2)N(c2cccc(-c4cccc(-c5ccc6c7ccccc7c7ccccc7c6c5)c4)c2)c2ccccc2-3)cc1. The van der Waals surface area contributed by atoms with Crippen molar-refractivity contribution in [2.75, 3.05) is 9.80 Å². The summed E-state index contributed by atoms with van der Waals surface area (Å²) >= 11 is 0. The minimum atomic E-state index is 0.944. The molecule has 0 N–H and O–H groups in total. The van der Waals surface area contributed by atoms with Crippen molar-refractivity contribution in [3.63, 3.8) is 0 Å². The van der Waals surface area contributed by atoms with E-state index in [9.17, 15) is 0 Å². The molecule has 18 aromatic carbocycles. The van der Waals surface area contributed by atoms with Crippen LogP contribution in [-0.2, 0) is 0 Å². The number of aromatic nitrogens is 2. The lowest BCUT2D eigenvalue weighted by molar-refractivity contribution is 1.18. The van der Waals surface area contributed by atoms with Gasteiger partial charge in [-0.1, -0.05) is 273 Å². The lowest BCUT2D eigenvalue weighted by atomic mass is 9.89. The number of benzene rings is 18. The Labute approximate surface area is 613 Å². The highest BCUT2D eigenvalue weighted by Gasteiger charge is 2.30. The largest absolute Gasteiger partial charge is 0.294 e. The molecule has 4 heteroatoms. The molecule has 0 amide bonds. The molecular formula is C102H64N4. The Morgan fingerprint density at radius 2 is 0.528 bits per heavy atom. The predicted molar refractivity (Wildman–Crippen MR) is 448 cm³/mol. The van der Waals surface area contributed by atoms with Gasteiger partial charge in [0.05, 0.1) is 11.4 Å². The zero-order valence-electron chi connectivity index (χ0n) is 57.7. The number of anilines is 6. The zero-order chi connectivity index (χ0) is 69.8. The fraction of sp³-hybridized carbons (Fsp3) is 0. The van der Waals surface area contributed by atoms with E-state index in [-0.39, 0.29) is 0 Å². The molecule has 0 bridgehead atoms. The van der Waals surface area contributed by atoms with Crippen LogP contribution in [0.2, 0.25) is 0 Å². The van der Waals surface area contributed by atoms with Crippen molar-refractivity contribution in [3.8, 4) is 89.0 Å². The number of fused-ring (bicyclic) bond motifs is 16. The minimum absolute atomic E-state index is 0.944.